The molecule has 162 valence electrons. The Labute approximate surface area is 191 Å². The molecule has 0 amide bonds. The summed E-state index contributed by atoms with van der Waals surface area (Å²) in [4.78, 5) is 14.4. The van der Waals surface area contributed by atoms with Crippen molar-refractivity contribution in [2.24, 2.45) is 0 Å². The Morgan fingerprint density at radius 1 is 0.697 bits per heavy atom. The van der Waals surface area contributed by atoms with Crippen molar-refractivity contribution >= 4 is 37.1 Å². The smallest absolute Gasteiger partial charge is 0.278 e. The highest BCUT2D eigenvalue weighted by molar-refractivity contribution is 7.91. The van der Waals surface area contributed by atoms with Gasteiger partial charge in [-0.2, -0.15) is 0 Å². The first kappa shape index (κ1) is 19.8. The van der Waals surface area contributed by atoms with Gasteiger partial charge in [-0.05, 0) is 35.0 Å². The van der Waals surface area contributed by atoms with E-state index >= 15 is 0 Å². The van der Waals surface area contributed by atoms with Gasteiger partial charge in [-0.15, -0.1) is 0 Å². The summed E-state index contributed by atoms with van der Waals surface area (Å²) in [5.41, 5.74) is 1.17. The van der Waals surface area contributed by atoms with Crippen LogP contribution in [0.3, 0.4) is 0 Å². The molecule has 2 heterocycles. The van der Waals surface area contributed by atoms with Gasteiger partial charge in [0.15, 0.2) is 0 Å². The van der Waals surface area contributed by atoms with Crippen LogP contribution in [0.25, 0.3) is 21.5 Å². The zero-order valence-electron chi connectivity index (χ0n) is 17.7. The van der Waals surface area contributed by atoms with Crippen LogP contribution >= 0.6 is 0 Å². The molecular weight excluding hydrogens is 432 g/mol. The minimum Gasteiger partial charge on any atom is -0.278 e. The summed E-state index contributed by atoms with van der Waals surface area (Å²) in [6.45, 7) is 0.519. The Kier molecular flexibility index (Phi) is 4.38. The average molecular weight is 453 g/mol. The maximum atomic E-state index is 14.0. The van der Waals surface area contributed by atoms with E-state index in [1.807, 2.05) is 65.7 Å². The maximum Gasteiger partial charge on any atom is 0.278 e. The third-order valence-corrected chi connectivity index (χ3v) is 8.16. The SMILES string of the molecule is O=c1c2c(ccc3ccccc32)c(S(=O)(=O)c2ccccc2)c2n1N(c1ccccc1)CC2. The van der Waals surface area contributed by atoms with E-state index in [2.05, 4.69) is 0 Å². The number of fused-ring (bicyclic) bond motifs is 4. The molecule has 1 aliphatic rings. The second-order valence-corrected chi connectivity index (χ2v) is 10.0. The highest BCUT2D eigenvalue weighted by Gasteiger charge is 2.33. The van der Waals surface area contributed by atoms with Crippen LogP contribution in [0.1, 0.15) is 5.69 Å². The minimum absolute atomic E-state index is 0.204. The van der Waals surface area contributed by atoms with Crippen molar-refractivity contribution in [2.45, 2.75) is 16.2 Å². The molecule has 33 heavy (non-hydrogen) atoms. The summed E-state index contributed by atoms with van der Waals surface area (Å²) in [6.07, 6.45) is 0.453. The predicted octanol–water partition coefficient (Wildman–Crippen LogP) is 4.81. The molecule has 0 saturated heterocycles. The first-order valence-corrected chi connectivity index (χ1v) is 12.3. The van der Waals surface area contributed by atoms with Crippen molar-refractivity contribution in [3.63, 3.8) is 0 Å². The van der Waals surface area contributed by atoms with Gasteiger partial charge in [-0.3, -0.25) is 9.80 Å². The Bertz CT molecular complexity index is 1690. The van der Waals surface area contributed by atoms with Crippen LogP contribution in [-0.2, 0) is 16.3 Å². The molecule has 4 aromatic carbocycles. The van der Waals surface area contributed by atoms with E-state index in [1.165, 1.54) is 0 Å². The molecule has 0 saturated carbocycles. The lowest BCUT2D eigenvalue weighted by Gasteiger charge is -2.23. The lowest BCUT2D eigenvalue weighted by molar-refractivity contribution is 0.594. The van der Waals surface area contributed by atoms with Crippen LogP contribution in [0.2, 0.25) is 0 Å². The third kappa shape index (κ3) is 2.91. The van der Waals surface area contributed by atoms with Gasteiger partial charge in [-0.25, -0.2) is 13.1 Å². The number of rotatable bonds is 3. The number of para-hydroxylation sites is 1. The molecule has 0 N–H and O–H groups in total. The molecular formula is C27H20N2O3S. The molecule has 6 heteroatoms. The summed E-state index contributed by atoms with van der Waals surface area (Å²) in [7, 11) is -3.87. The van der Waals surface area contributed by atoms with Crippen molar-refractivity contribution in [1.82, 2.24) is 4.68 Å². The predicted molar refractivity (Wildman–Crippen MR) is 130 cm³/mol. The Morgan fingerprint density at radius 3 is 2.12 bits per heavy atom. The van der Waals surface area contributed by atoms with Crippen LogP contribution in [0.4, 0.5) is 5.69 Å². The van der Waals surface area contributed by atoms with Crippen LogP contribution in [0.5, 0.6) is 0 Å². The molecule has 1 aromatic heterocycles. The summed E-state index contributed by atoms with van der Waals surface area (Å²) >= 11 is 0. The zero-order valence-corrected chi connectivity index (χ0v) is 18.5. The Hall–Kier alpha value is -3.90. The van der Waals surface area contributed by atoms with E-state index in [0.717, 1.165) is 16.5 Å². The van der Waals surface area contributed by atoms with Gasteiger partial charge >= 0.3 is 0 Å². The molecule has 0 bridgehead atoms. The lowest BCUT2D eigenvalue weighted by atomic mass is 10.0. The molecule has 5 nitrogen and oxygen atoms in total. The number of nitrogens with zero attached hydrogens (tertiary/aromatic N) is 2. The first-order chi connectivity index (χ1) is 16.1. The van der Waals surface area contributed by atoms with Crippen molar-refractivity contribution in [2.75, 3.05) is 11.6 Å². The minimum atomic E-state index is -3.87. The fraction of sp³-hybridized carbons (Fsp3) is 0.0741. The standard InChI is InChI=1S/C27H20N2O3S/c30-27-25-22-14-8-7-9-19(22)15-16-23(25)26(33(31,32)21-12-5-2-6-13-21)24-17-18-28(29(24)27)20-10-3-1-4-11-20/h1-16H,17-18H2. The third-order valence-electron chi connectivity index (χ3n) is 6.28. The molecule has 0 unspecified atom stereocenters. The van der Waals surface area contributed by atoms with Gasteiger partial charge in [-0.1, -0.05) is 72.8 Å². The number of sulfone groups is 1. The highest BCUT2D eigenvalue weighted by Crippen LogP contribution is 2.36. The Morgan fingerprint density at radius 2 is 1.36 bits per heavy atom. The summed E-state index contributed by atoms with van der Waals surface area (Å²) in [5, 5.41) is 4.43. The van der Waals surface area contributed by atoms with Crippen molar-refractivity contribution in [3.05, 3.63) is 113 Å². The number of hydrogen-bond donors (Lipinski definition) is 0. The molecule has 0 radical (unpaired) electrons. The maximum absolute atomic E-state index is 14.0. The van der Waals surface area contributed by atoms with Gasteiger partial charge in [0, 0.05) is 18.4 Å². The van der Waals surface area contributed by atoms with Gasteiger partial charge < -0.3 is 0 Å². The van der Waals surface area contributed by atoms with Crippen molar-refractivity contribution in [1.29, 1.82) is 0 Å². The normalized spacial score (nSPS) is 13.5. The van der Waals surface area contributed by atoms with Gasteiger partial charge in [0.2, 0.25) is 9.84 Å². The van der Waals surface area contributed by atoms with E-state index in [1.54, 1.807) is 41.1 Å². The molecule has 0 aliphatic carbocycles. The first-order valence-electron chi connectivity index (χ1n) is 10.8. The average Bonchev–Trinajstić information content (AvgIpc) is 3.30. The second kappa shape index (κ2) is 7.32. The highest BCUT2D eigenvalue weighted by atomic mass is 32.2. The van der Waals surface area contributed by atoms with E-state index in [0.29, 0.717) is 29.4 Å². The lowest BCUT2D eigenvalue weighted by Crippen LogP contribution is -2.36. The largest absolute Gasteiger partial charge is 0.278 e. The number of benzene rings is 4. The monoisotopic (exact) mass is 452 g/mol. The topological polar surface area (TPSA) is 59.4 Å². The van der Waals surface area contributed by atoms with Gasteiger partial charge in [0.05, 0.1) is 21.7 Å². The molecule has 0 spiro atoms. The van der Waals surface area contributed by atoms with E-state index in [4.69, 9.17) is 0 Å². The van der Waals surface area contributed by atoms with Crippen LogP contribution in [0.15, 0.2) is 112 Å². The van der Waals surface area contributed by atoms with E-state index in [-0.39, 0.29) is 15.4 Å². The fourth-order valence-corrected chi connectivity index (χ4v) is 6.53. The second-order valence-electron chi connectivity index (χ2n) is 8.13. The van der Waals surface area contributed by atoms with Crippen molar-refractivity contribution in [3.8, 4) is 0 Å². The molecule has 6 rings (SSSR count). The summed E-state index contributed by atoms with van der Waals surface area (Å²) in [5.74, 6) is 0. The van der Waals surface area contributed by atoms with Crippen LogP contribution in [-0.4, -0.2) is 19.6 Å². The molecule has 0 fully saturated rings. The van der Waals surface area contributed by atoms with Gasteiger partial charge in [0.25, 0.3) is 5.56 Å². The molecule has 1 aliphatic heterocycles. The van der Waals surface area contributed by atoms with Crippen LogP contribution < -0.4 is 10.6 Å². The fourth-order valence-electron chi connectivity index (χ4n) is 4.82. The number of aromatic nitrogens is 1. The molecule has 5 aromatic rings. The number of anilines is 1. The van der Waals surface area contributed by atoms with Gasteiger partial charge in [0.1, 0.15) is 4.90 Å². The molecule has 0 atom stereocenters. The van der Waals surface area contributed by atoms with Crippen molar-refractivity contribution < 1.29 is 8.42 Å². The van der Waals surface area contributed by atoms with E-state index in [9.17, 15) is 13.2 Å². The summed E-state index contributed by atoms with van der Waals surface area (Å²) < 4.78 is 29.5. The number of hydrogen-bond acceptors (Lipinski definition) is 4. The summed E-state index contributed by atoms with van der Waals surface area (Å²) in [6, 6.07) is 29.3. The number of pyridine rings is 1. The van der Waals surface area contributed by atoms with Crippen LogP contribution in [0, 0.1) is 0 Å². The van der Waals surface area contributed by atoms with E-state index < -0.39 is 9.84 Å². The quantitative estimate of drug-likeness (QED) is 0.369. The Balaban J connectivity index is 1.79. The zero-order chi connectivity index (χ0) is 22.6.